The van der Waals surface area contributed by atoms with E-state index >= 15 is 0 Å². The van der Waals surface area contributed by atoms with Gasteiger partial charge < -0.3 is 9.73 Å². The summed E-state index contributed by atoms with van der Waals surface area (Å²) in [5.74, 6) is -1.15. The second-order valence-corrected chi connectivity index (χ2v) is 6.69. The lowest BCUT2D eigenvalue weighted by Crippen LogP contribution is -2.34. The van der Waals surface area contributed by atoms with E-state index in [1.54, 1.807) is 0 Å². The van der Waals surface area contributed by atoms with Crippen LogP contribution in [0, 0.1) is 10.1 Å². The molecule has 0 radical (unpaired) electrons. The fourth-order valence-corrected chi connectivity index (χ4v) is 3.32. The van der Waals surface area contributed by atoms with Crippen molar-refractivity contribution in [2.75, 3.05) is 0 Å². The molecular weight excluding hydrogens is 386 g/mol. The lowest BCUT2D eigenvalue weighted by Gasteiger charge is -2.20. The molecule has 8 nitrogen and oxygen atoms in total. The number of nitrogens with zero attached hydrogens (tertiary/aromatic N) is 2. The summed E-state index contributed by atoms with van der Waals surface area (Å²) in [6.07, 6.45) is 0. The molecule has 1 heterocycles. The number of aromatic nitrogens is 1. The van der Waals surface area contributed by atoms with Crippen molar-refractivity contribution in [2.24, 2.45) is 0 Å². The third-order valence-corrected chi connectivity index (χ3v) is 4.74. The summed E-state index contributed by atoms with van der Waals surface area (Å²) < 4.78 is 6.24. The van der Waals surface area contributed by atoms with E-state index in [0.29, 0.717) is 5.52 Å². The van der Waals surface area contributed by atoms with Crippen molar-refractivity contribution in [1.82, 2.24) is 9.88 Å². The standard InChI is InChI=1S/C22H17N3O5/c26-20(14-24-18-12-11-17(25(28)29)13-19(18)30-22(24)27)23-21(15-7-3-1-4-8-15)16-9-5-2-6-10-16/h1-13,21H,14H2,(H,23,26). The van der Waals surface area contributed by atoms with Crippen LogP contribution in [0.1, 0.15) is 17.2 Å². The van der Waals surface area contributed by atoms with Gasteiger partial charge in [-0.25, -0.2) is 4.79 Å². The van der Waals surface area contributed by atoms with Crippen LogP contribution in [-0.2, 0) is 11.3 Å². The number of benzene rings is 3. The molecule has 3 aromatic carbocycles. The molecule has 0 aliphatic rings. The minimum atomic E-state index is -0.753. The van der Waals surface area contributed by atoms with Gasteiger partial charge >= 0.3 is 5.76 Å². The number of hydrogen-bond donors (Lipinski definition) is 1. The van der Waals surface area contributed by atoms with Crippen molar-refractivity contribution in [1.29, 1.82) is 0 Å². The number of carbonyl (C=O) groups excluding carboxylic acids is 1. The molecule has 0 aliphatic carbocycles. The molecule has 8 heteroatoms. The van der Waals surface area contributed by atoms with Gasteiger partial charge in [0.2, 0.25) is 5.91 Å². The highest BCUT2D eigenvalue weighted by Crippen LogP contribution is 2.23. The maximum Gasteiger partial charge on any atom is 0.420 e. The van der Waals surface area contributed by atoms with Gasteiger partial charge in [0, 0.05) is 6.07 Å². The molecule has 150 valence electrons. The van der Waals surface area contributed by atoms with Crippen LogP contribution in [0.25, 0.3) is 11.1 Å². The Morgan fingerprint density at radius 1 is 1.00 bits per heavy atom. The van der Waals surface area contributed by atoms with E-state index < -0.39 is 22.6 Å². The van der Waals surface area contributed by atoms with Crippen molar-refractivity contribution < 1.29 is 14.1 Å². The Kier molecular flexibility index (Phi) is 5.13. The van der Waals surface area contributed by atoms with Gasteiger partial charge in [-0.1, -0.05) is 60.7 Å². The third kappa shape index (κ3) is 3.83. The molecule has 0 bridgehead atoms. The molecule has 0 aliphatic heterocycles. The van der Waals surface area contributed by atoms with E-state index in [1.807, 2.05) is 60.7 Å². The topological polar surface area (TPSA) is 107 Å². The van der Waals surface area contributed by atoms with Crippen LogP contribution in [-0.4, -0.2) is 15.4 Å². The van der Waals surface area contributed by atoms with Gasteiger partial charge in [-0.2, -0.15) is 0 Å². The van der Waals surface area contributed by atoms with Crippen LogP contribution in [0.3, 0.4) is 0 Å². The Hall–Kier alpha value is -4.20. The average molecular weight is 403 g/mol. The summed E-state index contributed by atoms with van der Waals surface area (Å²) in [4.78, 5) is 35.4. The molecule has 0 unspecified atom stereocenters. The Bertz CT molecular complexity index is 1220. The summed E-state index contributed by atoms with van der Waals surface area (Å²) in [6, 6.07) is 22.4. The van der Waals surface area contributed by atoms with Crippen molar-refractivity contribution in [2.45, 2.75) is 12.6 Å². The molecule has 0 atom stereocenters. The highest BCUT2D eigenvalue weighted by molar-refractivity contribution is 5.81. The molecule has 0 fully saturated rings. The average Bonchev–Trinajstić information content (AvgIpc) is 3.07. The number of nitrogens with one attached hydrogen (secondary N) is 1. The highest BCUT2D eigenvalue weighted by Gasteiger charge is 2.20. The fraction of sp³-hybridized carbons (Fsp3) is 0.0909. The van der Waals surface area contributed by atoms with Crippen LogP contribution in [0.15, 0.2) is 88.1 Å². The molecule has 0 spiro atoms. The number of amides is 1. The van der Waals surface area contributed by atoms with Gasteiger partial charge in [0.05, 0.1) is 22.5 Å². The predicted octanol–water partition coefficient (Wildman–Crippen LogP) is 3.41. The van der Waals surface area contributed by atoms with Crippen LogP contribution in [0.2, 0.25) is 0 Å². The summed E-state index contributed by atoms with van der Waals surface area (Å²) in [7, 11) is 0. The SMILES string of the molecule is O=C(Cn1c(=O)oc2cc([N+](=O)[O-])ccc21)NC(c1ccccc1)c1ccccc1. The number of fused-ring (bicyclic) bond motifs is 1. The number of carbonyl (C=O) groups is 1. The quantitative estimate of drug-likeness (QED) is 0.392. The summed E-state index contributed by atoms with van der Waals surface area (Å²) in [5.41, 5.74) is 1.98. The minimum absolute atomic E-state index is 0.0599. The number of oxazole rings is 1. The molecule has 1 amide bonds. The molecule has 0 saturated carbocycles. The van der Waals surface area contributed by atoms with Gasteiger partial charge in [0.15, 0.2) is 5.58 Å². The van der Waals surface area contributed by atoms with Crippen LogP contribution < -0.4 is 11.1 Å². The van der Waals surface area contributed by atoms with Crippen LogP contribution >= 0.6 is 0 Å². The van der Waals surface area contributed by atoms with E-state index in [1.165, 1.54) is 18.2 Å². The van der Waals surface area contributed by atoms with Crippen molar-refractivity contribution in [3.05, 3.63) is 111 Å². The zero-order valence-electron chi connectivity index (χ0n) is 15.7. The lowest BCUT2D eigenvalue weighted by molar-refractivity contribution is -0.384. The van der Waals surface area contributed by atoms with E-state index in [-0.39, 0.29) is 17.8 Å². The molecule has 30 heavy (non-hydrogen) atoms. The van der Waals surface area contributed by atoms with Crippen LogP contribution in [0.5, 0.6) is 0 Å². The molecule has 0 saturated heterocycles. The maximum atomic E-state index is 12.8. The van der Waals surface area contributed by atoms with E-state index in [9.17, 15) is 19.7 Å². The first-order valence-electron chi connectivity index (χ1n) is 9.20. The summed E-state index contributed by atoms with van der Waals surface area (Å²) in [5, 5.41) is 13.9. The summed E-state index contributed by atoms with van der Waals surface area (Å²) >= 11 is 0. The lowest BCUT2D eigenvalue weighted by atomic mass is 9.99. The Labute approximate surface area is 170 Å². The first-order chi connectivity index (χ1) is 14.5. The van der Waals surface area contributed by atoms with Crippen molar-refractivity contribution >= 4 is 22.7 Å². The van der Waals surface area contributed by atoms with Gasteiger partial charge in [-0.05, 0) is 17.2 Å². The fourth-order valence-electron chi connectivity index (χ4n) is 3.32. The number of nitro benzene ring substituents is 1. The zero-order valence-corrected chi connectivity index (χ0v) is 15.7. The summed E-state index contributed by atoms with van der Waals surface area (Å²) in [6.45, 7) is -0.278. The van der Waals surface area contributed by atoms with Gasteiger partial charge in [0.1, 0.15) is 6.54 Å². The van der Waals surface area contributed by atoms with Gasteiger partial charge in [-0.15, -0.1) is 0 Å². The molecule has 1 N–H and O–H groups in total. The predicted molar refractivity (Wildman–Crippen MR) is 110 cm³/mol. The number of hydrogen-bond acceptors (Lipinski definition) is 5. The number of non-ortho nitro benzene ring substituents is 1. The molecule has 1 aromatic heterocycles. The van der Waals surface area contributed by atoms with Crippen LogP contribution in [0.4, 0.5) is 5.69 Å². The monoisotopic (exact) mass is 403 g/mol. The Morgan fingerprint density at radius 2 is 1.60 bits per heavy atom. The maximum absolute atomic E-state index is 12.8. The molecule has 4 rings (SSSR count). The number of nitro groups is 1. The first-order valence-corrected chi connectivity index (χ1v) is 9.20. The Morgan fingerprint density at radius 3 is 2.17 bits per heavy atom. The molecule has 4 aromatic rings. The first kappa shape index (κ1) is 19.1. The van der Waals surface area contributed by atoms with E-state index in [4.69, 9.17) is 4.42 Å². The normalized spacial score (nSPS) is 11.0. The van der Waals surface area contributed by atoms with Crippen molar-refractivity contribution in [3.63, 3.8) is 0 Å². The highest BCUT2D eigenvalue weighted by atomic mass is 16.6. The number of rotatable bonds is 6. The zero-order chi connectivity index (χ0) is 21.1. The largest absolute Gasteiger partial charge is 0.420 e. The van der Waals surface area contributed by atoms with E-state index in [2.05, 4.69) is 5.32 Å². The minimum Gasteiger partial charge on any atom is -0.407 e. The second kappa shape index (κ2) is 8.04. The van der Waals surface area contributed by atoms with E-state index in [0.717, 1.165) is 15.7 Å². The smallest absolute Gasteiger partial charge is 0.407 e. The second-order valence-electron chi connectivity index (χ2n) is 6.69. The van der Waals surface area contributed by atoms with Crippen molar-refractivity contribution in [3.8, 4) is 0 Å². The molecular formula is C22H17N3O5. The third-order valence-electron chi connectivity index (χ3n) is 4.74. The Balaban J connectivity index is 1.62. The van der Waals surface area contributed by atoms with Gasteiger partial charge in [0.25, 0.3) is 5.69 Å². The van der Waals surface area contributed by atoms with Gasteiger partial charge in [-0.3, -0.25) is 19.5 Å².